The number of hydrogen-bond acceptors (Lipinski definition) is 2. The van der Waals surface area contributed by atoms with Crippen LogP contribution in [-0.2, 0) is 12.4 Å². The Morgan fingerprint density at radius 2 is 1.21 bits per heavy atom. The number of carbonyl (C=O) groups excluding carboxylic acids is 2. The smallest absolute Gasteiger partial charge is 0.272 e. The minimum Gasteiger partial charge on any atom is -0.272 e. The number of imide groups is 1. The van der Waals surface area contributed by atoms with Gasteiger partial charge in [0.25, 0.3) is 11.8 Å². The highest BCUT2D eigenvalue weighted by molar-refractivity contribution is 6.10. The van der Waals surface area contributed by atoms with E-state index in [1.807, 2.05) is 6.92 Å². The summed E-state index contributed by atoms with van der Waals surface area (Å²) < 4.78 is 105. The van der Waals surface area contributed by atoms with Gasteiger partial charge in [-0.1, -0.05) is 26.2 Å². The first-order valence-corrected chi connectivity index (χ1v) is 10.3. The minimum atomic E-state index is -5.01. The van der Waals surface area contributed by atoms with Gasteiger partial charge in [-0.15, -0.1) is 0 Å². The number of hydrogen-bond donors (Lipinski definition) is 0. The highest BCUT2D eigenvalue weighted by atomic mass is 19.4. The van der Waals surface area contributed by atoms with Gasteiger partial charge in [0.05, 0.1) is 11.1 Å². The largest absolute Gasteiger partial charge is 0.419 e. The first kappa shape index (κ1) is 27.3. The van der Waals surface area contributed by atoms with Crippen LogP contribution in [0.15, 0.2) is 36.4 Å². The van der Waals surface area contributed by atoms with Crippen molar-refractivity contribution in [1.29, 1.82) is 0 Å². The molecule has 2 aromatic rings. The zero-order valence-electron chi connectivity index (χ0n) is 18.2. The van der Waals surface area contributed by atoms with Crippen molar-refractivity contribution in [1.82, 2.24) is 4.90 Å². The quantitative estimate of drug-likeness (QED) is 0.231. The van der Waals surface area contributed by atoms with Crippen molar-refractivity contribution in [3.05, 3.63) is 70.3 Å². The van der Waals surface area contributed by atoms with Gasteiger partial charge in [-0.05, 0) is 49.7 Å². The van der Waals surface area contributed by atoms with E-state index in [0.717, 1.165) is 12.8 Å². The highest BCUT2D eigenvalue weighted by Crippen LogP contribution is 2.33. The highest BCUT2D eigenvalue weighted by Gasteiger charge is 2.37. The number of nitrogens with zero attached hydrogens (tertiary/aromatic N) is 1. The zero-order valence-corrected chi connectivity index (χ0v) is 18.2. The third-order valence-electron chi connectivity index (χ3n) is 5.15. The molecular formula is C23H21F8NO2. The van der Waals surface area contributed by atoms with Crippen LogP contribution in [0, 0.1) is 11.6 Å². The standard InChI is InChI=1S/C23H21F8NO2/c1-3-4-5-6-13(2)32(20(33)14-7-9-16(18(24)11-14)22(26,27)28)21(34)15-8-10-17(19(25)12-15)23(29,30)31/h7-13H,3-6H2,1-2H3. The van der Waals surface area contributed by atoms with E-state index in [9.17, 15) is 44.7 Å². The Hall–Kier alpha value is -2.98. The number of benzene rings is 2. The van der Waals surface area contributed by atoms with Gasteiger partial charge >= 0.3 is 12.4 Å². The molecule has 1 atom stereocenters. The van der Waals surface area contributed by atoms with Crippen LogP contribution >= 0.6 is 0 Å². The molecule has 11 heteroatoms. The van der Waals surface area contributed by atoms with Crippen LogP contribution in [0.2, 0.25) is 0 Å². The minimum absolute atomic E-state index is 0.261. The van der Waals surface area contributed by atoms with E-state index < -0.39 is 64.1 Å². The van der Waals surface area contributed by atoms with Gasteiger partial charge in [0.15, 0.2) is 0 Å². The fourth-order valence-corrected chi connectivity index (χ4v) is 3.35. The molecule has 0 fully saturated rings. The Balaban J connectivity index is 2.47. The molecule has 0 radical (unpaired) electrons. The van der Waals surface area contributed by atoms with Crippen LogP contribution in [0.25, 0.3) is 0 Å². The van der Waals surface area contributed by atoms with Crippen molar-refractivity contribution >= 4 is 11.8 Å². The molecule has 0 aliphatic rings. The molecule has 0 bridgehead atoms. The summed E-state index contributed by atoms with van der Waals surface area (Å²) in [6.45, 7) is 3.35. The molecule has 0 saturated heterocycles. The summed E-state index contributed by atoms with van der Waals surface area (Å²) in [7, 11) is 0. The molecule has 2 aromatic carbocycles. The van der Waals surface area contributed by atoms with Gasteiger partial charge < -0.3 is 0 Å². The number of rotatable bonds is 7. The second-order valence-electron chi connectivity index (χ2n) is 7.71. The predicted octanol–water partition coefficient (Wildman–Crippen LogP) is 7.25. The molecule has 1 unspecified atom stereocenters. The topological polar surface area (TPSA) is 37.4 Å². The van der Waals surface area contributed by atoms with Crippen molar-refractivity contribution in [2.45, 2.75) is 57.9 Å². The number of halogens is 8. The summed E-state index contributed by atoms with van der Waals surface area (Å²) in [5.41, 5.74) is -4.37. The van der Waals surface area contributed by atoms with Crippen LogP contribution in [-0.4, -0.2) is 22.8 Å². The molecule has 186 valence electrons. The molecule has 0 aromatic heterocycles. The van der Waals surface area contributed by atoms with Crippen LogP contribution < -0.4 is 0 Å². The molecule has 0 heterocycles. The maximum Gasteiger partial charge on any atom is 0.419 e. The van der Waals surface area contributed by atoms with E-state index in [1.165, 1.54) is 6.92 Å². The summed E-state index contributed by atoms with van der Waals surface area (Å²) in [4.78, 5) is 26.7. The molecular weight excluding hydrogens is 474 g/mol. The van der Waals surface area contributed by atoms with Crippen LogP contribution in [0.1, 0.15) is 71.4 Å². The lowest BCUT2D eigenvalue weighted by Gasteiger charge is -2.28. The summed E-state index contributed by atoms with van der Waals surface area (Å²) >= 11 is 0. The van der Waals surface area contributed by atoms with Crippen LogP contribution in [0.5, 0.6) is 0 Å². The molecule has 0 spiro atoms. The lowest BCUT2D eigenvalue weighted by molar-refractivity contribution is -0.140. The summed E-state index contributed by atoms with van der Waals surface area (Å²) in [6, 6.07) is 1.90. The number of amides is 2. The van der Waals surface area contributed by atoms with Gasteiger partial charge in [-0.3, -0.25) is 14.5 Å². The van der Waals surface area contributed by atoms with E-state index in [2.05, 4.69) is 0 Å². The Kier molecular flexibility index (Phi) is 8.44. The number of unbranched alkanes of at least 4 members (excludes halogenated alkanes) is 2. The summed E-state index contributed by atoms with van der Waals surface area (Å²) in [5, 5.41) is 0. The Morgan fingerprint density at radius 3 is 1.53 bits per heavy atom. The third-order valence-corrected chi connectivity index (χ3v) is 5.15. The molecule has 2 rings (SSSR count). The molecule has 0 aliphatic carbocycles. The maximum atomic E-state index is 14.0. The van der Waals surface area contributed by atoms with E-state index in [0.29, 0.717) is 47.7 Å². The monoisotopic (exact) mass is 495 g/mol. The third kappa shape index (κ3) is 6.32. The van der Waals surface area contributed by atoms with Gasteiger partial charge in [0, 0.05) is 17.2 Å². The molecule has 3 nitrogen and oxygen atoms in total. The first-order chi connectivity index (χ1) is 15.7. The van der Waals surface area contributed by atoms with Crippen molar-refractivity contribution in [3.63, 3.8) is 0 Å². The first-order valence-electron chi connectivity index (χ1n) is 10.3. The number of alkyl halides is 6. The fourth-order valence-electron chi connectivity index (χ4n) is 3.35. The Bertz CT molecular complexity index is 971. The molecule has 0 saturated carbocycles. The summed E-state index contributed by atoms with van der Waals surface area (Å²) in [6.07, 6.45) is -7.68. The molecule has 0 aliphatic heterocycles. The maximum absolute atomic E-state index is 14.0. The predicted molar refractivity (Wildman–Crippen MR) is 107 cm³/mol. The van der Waals surface area contributed by atoms with Gasteiger partial charge in [-0.25, -0.2) is 8.78 Å². The van der Waals surface area contributed by atoms with Crippen LogP contribution in [0.3, 0.4) is 0 Å². The average molecular weight is 495 g/mol. The van der Waals surface area contributed by atoms with E-state index in [-0.39, 0.29) is 6.42 Å². The summed E-state index contributed by atoms with van der Waals surface area (Å²) in [5.74, 6) is -5.79. The molecule has 0 N–H and O–H groups in total. The Morgan fingerprint density at radius 1 is 0.794 bits per heavy atom. The van der Waals surface area contributed by atoms with Crippen molar-refractivity contribution < 1.29 is 44.7 Å². The normalized spacial score (nSPS) is 13.0. The van der Waals surface area contributed by atoms with Gasteiger partial charge in [-0.2, -0.15) is 26.3 Å². The molecule has 34 heavy (non-hydrogen) atoms. The lowest BCUT2D eigenvalue weighted by Crippen LogP contribution is -2.43. The van der Waals surface area contributed by atoms with Gasteiger partial charge in [0.2, 0.25) is 0 Å². The second-order valence-corrected chi connectivity index (χ2v) is 7.71. The van der Waals surface area contributed by atoms with Crippen molar-refractivity contribution in [2.24, 2.45) is 0 Å². The SMILES string of the molecule is CCCCCC(C)N(C(=O)c1ccc(C(F)(F)F)c(F)c1)C(=O)c1ccc(C(F)(F)F)c(F)c1. The number of carbonyl (C=O) groups is 2. The average Bonchev–Trinajstić information content (AvgIpc) is 2.71. The van der Waals surface area contributed by atoms with Crippen LogP contribution in [0.4, 0.5) is 35.1 Å². The van der Waals surface area contributed by atoms with Crippen molar-refractivity contribution in [3.8, 4) is 0 Å². The zero-order chi connectivity index (χ0) is 25.8. The van der Waals surface area contributed by atoms with E-state index in [4.69, 9.17) is 0 Å². The van der Waals surface area contributed by atoms with E-state index in [1.54, 1.807) is 0 Å². The fraction of sp³-hybridized carbons (Fsp3) is 0.391. The van der Waals surface area contributed by atoms with E-state index >= 15 is 0 Å². The molecule has 2 amide bonds. The van der Waals surface area contributed by atoms with Crippen molar-refractivity contribution in [2.75, 3.05) is 0 Å². The lowest BCUT2D eigenvalue weighted by atomic mass is 10.0. The second kappa shape index (κ2) is 10.5. The van der Waals surface area contributed by atoms with Gasteiger partial charge in [0.1, 0.15) is 11.6 Å². The Labute approximate surface area is 190 Å².